The van der Waals surface area contributed by atoms with Crippen LogP contribution < -0.4 is 10.1 Å². The van der Waals surface area contributed by atoms with E-state index in [0.29, 0.717) is 16.8 Å². The molecule has 0 saturated heterocycles. The predicted octanol–water partition coefficient (Wildman–Crippen LogP) is 3.50. The number of carbonyl (C=O) groups excluding carboxylic acids is 2. The van der Waals surface area contributed by atoms with Crippen molar-refractivity contribution in [1.82, 2.24) is 9.88 Å². The highest BCUT2D eigenvalue weighted by Gasteiger charge is 2.30. The van der Waals surface area contributed by atoms with E-state index in [-0.39, 0.29) is 31.4 Å². The van der Waals surface area contributed by atoms with E-state index in [1.807, 2.05) is 0 Å². The van der Waals surface area contributed by atoms with Gasteiger partial charge in [-0.2, -0.15) is 0 Å². The number of ether oxygens (including phenoxy) is 2. The molecule has 0 aliphatic rings. The summed E-state index contributed by atoms with van der Waals surface area (Å²) in [5, 5.41) is 2.69. The summed E-state index contributed by atoms with van der Waals surface area (Å²) in [6, 6.07) is 6.90. The van der Waals surface area contributed by atoms with Crippen molar-refractivity contribution >= 4 is 11.9 Å². The molecular weight excluding hydrogens is 377 g/mol. The van der Waals surface area contributed by atoms with Crippen LogP contribution in [0, 0.1) is 13.8 Å². The maximum absolute atomic E-state index is 12.2. The SMILES string of the molecule is CCOC(=O)c1cc(C)n(CC(=O)NCc2ccc(OC(F)(F)F)cc2)c1C. The lowest BCUT2D eigenvalue weighted by atomic mass is 10.2. The summed E-state index contributed by atoms with van der Waals surface area (Å²) in [6.45, 7) is 5.64. The van der Waals surface area contributed by atoms with Gasteiger partial charge in [0.2, 0.25) is 5.91 Å². The Morgan fingerprint density at radius 2 is 1.79 bits per heavy atom. The van der Waals surface area contributed by atoms with Gasteiger partial charge >= 0.3 is 12.3 Å². The molecule has 1 N–H and O–H groups in total. The number of hydrogen-bond acceptors (Lipinski definition) is 4. The first kappa shape index (κ1) is 21.3. The Morgan fingerprint density at radius 1 is 1.14 bits per heavy atom. The average molecular weight is 398 g/mol. The lowest BCUT2D eigenvalue weighted by Crippen LogP contribution is -2.28. The molecule has 2 rings (SSSR count). The second-order valence-electron chi connectivity index (χ2n) is 6.06. The lowest BCUT2D eigenvalue weighted by Gasteiger charge is -2.11. The largest absolute Gasteiger partial charge is 0.573 e. The minimum atomic E-state index is -4.75. The Balaban J connectivity index is 1.95. The molecule has 28 heavy (non-hydrogen) atoms. The number of alkyl halides is 3. The summed E-state index contributed by atoms with van der Waals surface area (Å²) in [5.74, 6) is -1.07. The molecule has 1 amide bonds. The third-order valence-corrected chi connectivity index (χ3v) is 4.02. The van der Waals surface area contributed by atoms with E-state index >= 15 is 0 Å². The summed E-state index contributed by atoms with van der Waals surface area (Å²) in [7, 11) is 0. The molecule has 0 spiro atoms. The van der Waals surface area contributed by atoms with Crippen LogP contribution in [-0.2, 0) is 22.6 Å². The third-order valence-electron chi connectivity index (χ3n) is 4.02. The van der Waals surface area contributed by atoms with Gasteiger partial charge in [0.25, 0.3) is 0 Å². The van der Waals surface area contributed by atoms with Gasteiger partial charge in [0.15, 0.2) is 0 Å². The second kappa shape index (κ2) is 8.81. The van der Waals surface area contributed by atoms with Crippen LogP contribution in [0.25, 0.3) is 0 Å². The van der Waals surface area contributed by atoms with E-state index in [1.54, 1.807) is 31.4 Å². The Morgan fingerprint density at radius 3 is 2.36 bits per heavy atom. The third kappa shape index (κ3) is 5.77. The average Bonchev–Trinajstić information content (AvgIpc) is 2.88. The molecule has 0 saturated carbocycles. The standard InChI is InChI=1S/C19H21F3N2O4/c1-4-27-18(26)16-9-12(2)24(13(16)3)11-17(25)23-10-14-5-7-15(8-6-14)28-19(20,21)22/h5-9H,4,10-11H2,1-3H3,(H,23,25). The number of esters is 1. The van der Waals surface area contributed by atoms with Crippen LogP contribution in [0.3, 0.4) is 0 Å². The zero-order chi connectivity index (χ0) is 20.9. The fourth-order valence-corrected chi connectivity index (χ4v) is 2.67. The molecule has 1 aromatic carbocycles. The molecule has 0 radical (unpaired) electrons. The number of benzene rings is 1. The number of hydrogen-bond donors (Lipinski definition) is 1. The van der Waals surface area contributed by atoms with E-state index < -0.39 is 12.3 Å². The first-order valence-electron chi connectivity index (χ1n) is 8.56. The first-order chi connectivity index (χ1) is 13.1. The van der Waals surface area contributed by atoms with Crippen molar-refractivity contribution in [2.24, 2.45) is 0 Å². The zero-order valence-corrected chi connectivity index (χ0v) is 15.7. The smallest absolute Gasteiger partial charge is 0.462 e. The van der Waals surface area contributed by atoms with Crippen molar-refractivity contribution in [2.45, 2.75) is 40.2 Å². The summed E-state index contributed by atoms with van der Waals surface area (Å²) in [4.78, 5) is 24.2. The summed E-state index contributed by atoms with van der Waals surface area (Å²) >= 11 is 0. The topological polar surface area (TPSA) is 69.6 Å². The molecule has 6 nitrogen and oxygen atoms in total. The highest BCUT2D eigenvalue weighted by molar-refractivity contribution is 5.91. The van der Waals surface area contributed by atoms with Gasteiger partial charge in [-0.3, -0.25) is 4.79 Å². The van der Waals surface area contributed by atoms with Gasteiger partial charge < -0.3 is 19.4 Å². The van der Waals surface area contributed by atoms with E-state index in [4.69, 9.17) is 4.74 Å². The first-order valence-corrected chi connectivity index (χ1v) is 8.56. The van der Waals surface area contributed by atoms with Gasteiger partial charge in [0.1, 0.15) is 12.3 Å². The number of nitrogens with zero attached hydrogens (tertiary/aromatic N) is 1. The number of aryl methyl sites for hydroxylation is 1. The molecule has 0 fully saturated rings. The highest BCUT2D eigenvalue weighted by Crippen LogP contribution is 2.22. The fourth-order valence-electron chi connectivity index (χ4n) is 2.67. The predicted molar refractivity (Wildman–Crippen MR) is 94.8 cm³/mol. The van der Waals surface area contributed by atoms with E-state index in [1.165, 1.54) is 24.3 Å². The van der Waals surface area contributed by atoms with Gasteiger partial charge in [0.05, 0.1) is 12.2 Å². The van der Waals surface area contributed by atoms with Crippen molar-refractivity contribution in [3.63, 3.8) is 0 Å². The van der Waals surface area contributed by atoms with Crippen molar-refractivity contribution in [2.75, 3.05) is 6.61 Å². The van der Waals surface area contributed by atoms with Crippen LogP contribution in [0.5, 0.6) is 5.75 Å². The van der Waals surface area contributed by atoms with E-state index in [9.17, 15) is 22.8 Å². The van der Waals surface area contributed by atoms with Crippen molar-refractivity contribution in [1.29, 1.82) is 0 Å². The molecule has 2 aromatic rings. The second-order valence-corrected chi connectivity index (χ2v) is 6.06. The zero-order valence-electron chi connectivity index (χ0n) is 15.7. The van der Waals surface area contributed by atoms with Crippen LogP contribution in [0.15, 0.2) is 30.3 Å². The van der Waals surface area contributed by atoms with E-state index in [2.05, 4.69) is 10.1 Å². The van der Waals surface area contributed by atoms with Gasteiger partial charge in [0, 0.05) is 17.9 Å². The number of rotatable bonds is 7. The van der Waals surface area contributed by atoms with Crippen LogP contribution in [0.1, 0.15) is 34.2 Å². The van der Waals surface area contributed by atoms with Crippen LogP contribution in [0.4, 0.5) is 13.2 Å². The number of carbonyl (C=O) groups is 2. The summed E-state index contributed by atoms with van der Waals surface area (Å²) in [5.41, 5.74) is 2.40. The molecule has 0 aliphatic carbocycles. The Hall–Kier alpha value is -2.97. The van der Waals surface area contributed by atoms with Gasteiger partial charge in [-0.25, -0.2) is 4.79 Å². The van der Waals surface area contributed by atoms with Crippen molar-refractivity contribution in [3.05, 3.63) is 52.8 Å². The number of halogens is 3. The Kier molecular flexibility index (Phi) is 6.71. The van der Waals surface area contributed by atoms with Crippen LogP contribution in [-0.4, -0.2) is 29.4 Å². The molecule has 0 bridgehead atoms. The maximum atomic E-state index is 12.2. The number of amides is 1. The quantitative estimate of drug-likeness (QED) is 0.725. The van der Waals surface area contributed by atoms with Crippen molar-refractivity contribution in [3.8, 4) is 5.75 Å². The minimum absolute atomic E-state index is 0.00629. The van der Waals surface area contributed by atoms with Crippen LogP contribution >= 0.6 is 0 Å². The minimum Gasteiger partial charge on any atom is -0.462 e. The Bertz CT molecular complexity index is 842. The molecule has 0 unspecified atom stereocenters. The highest BCUT2D eigenvalue weighted by atomic mass is 19.4. The monoisotopic (exact) mass is 398 g/mol. The molecule has 9 heteroatoms. The normalized spacial score (nSPS) is 11.2. The van der Waals surface area contributed by atoms with Crippen LogP contribution in [0.2, 0.25) is 0 Å². The molecule has 1 aromatic heterocycles. The fraction of sp³-hybridized carbons (Fsp3) is 0.368. The maximum Gasteiger partial charge on any atom is 0.573 e. The lowest BCUT2D eigenvalue weighted by molar-refractivity contribution is -0.274. The van der Waals surface area contributed by atoms with E-state index in [0.717, 1.165) is 5.69 Å². The molecular formula is C19H21F3N2O4. The van der Waals surface area contributed by atoms with Gasteiger partial charge in [-0.05, 0) is 44.5 Å². The molecule has 1 heterocycles. The molecule has 152 valence electrons. The summed E-state index contributed by atoms with van der Waals surface area (Å²) in [6.07, 6.45) is -4.75. The number of aromatic nitrogens is 1. The molecule has 0 aliphatic heterocycles. The van der Waals surface area contributed by atoms with Gasteiger partial charge in [-0.1, -0.05) is 12.1 Å². The Labute approximate surface area is 160 Å². The number of nitrogens with one attached hydrogen (secondary N) is 1. The summed E-state index contributed by atoms with van der Waals surface area (Å²) < 4.78 is 46.9. The molecule has 0 atom stereocenters. The van der Waals surface area contributed by atoms with Gasteiger partial charge in [-0.15, -0.1) is 13.2 Å². The van der Waals surface area contributed by atoms with Crippen molar-refractivity contribution < 1.29 is 32.2 Å².